The van der Waals surface area contributed by atoms with Crippen LogP contribution in [0.2, 0.25) is 5.02 Å². The fourth-order valence-corrected chi connectivity index (χ4v) is 2.90. The lowest BCUT2D eigenvalue weighted by atomic mass is 9.98. The fraction of sp³-hybridized carbons (Fsp3) is 0.250. The number of halogens is 1. The van der Waals surface area contributed by atoms with Crippen LogP contribution >= 0.6 is 11.6 Å². The molecule has 0 bridgehead atoms. The predicted molar refractivity (Wildman–Crippen MR) is 88.4 cm³/mol. The lowest BCUT2D eigenvalue weighted by molar-refractivity contribution is 0.872. The van der Waals surface area contributed by atoms with Crippen molar-refractivity contribution in [2.24, 2.45) is 0 Å². The first-order valence-electron chi connectivity index (χ1n) is 6.94. The van der Waals surface area contributed by atoms with E-state index in [1.807, 2.05) is 31.2 Å². The van der Waals surface area contributed by atoms with Crippen LogP contribution in [-0.2, 0) is 0 Å². The number of anilines is 2. The summed E-state index contributed by atoms with van der Waals surface area (Å²) in [7, 11) is 0. The van der Waals surface area contributed by atoms with Crippen molar-refractivity contribution in [2.75, 3.05) is 23.7 Å². The van der Waals surface area contributed by atoms with Gasteiger partial charge in [-0.25, -0.2) is 4.98 Å². The SMILES string of the molecule is CCN1CC(c2ccccc2Cl)=Cc2c(C)nc(N)nc21. The Morgan fingerprint density at radius 1 is 1.29 bits per heavy atom. The maximum Gasteiger partial charge on any atom is 0.222 e. The zero-order chi connectivity index (χ0) is 15.0. The van der Waals surface area contributed by atoms with Gasteiger partial charge >= 0.3 is 0 Å². The second-order valence-corrected chi connectivity index (χ2v) is 5.48. The lowest BCUT2D eigenvalue weighted by Gasteiger charge is -2.30. The molecule has 5 heteroatoms. The molecular weight excluding hydrogens is 284 g/mol. The topological polar surface area (TPSA) is 55.0 Å². The van der Waals surface area contributed by atoms with Crippen LogP contribution in [0.25, 0.3) is 11.6 Å². The molecular formula is C16H17ClN4. The fourth-order valence-electron chi connectivity index (χ4n) is 2.64. The van der Waals surface area contributed by atoms with Gasteiger partial charge in [-0.15, -0.1) is 0 Å². The maximum absolute atomic E-state index is 6.33. The van der Waals surface area contributed by atoms with Crippen LogP contribution in [0.1, 0.15) is 23.7 Å². The quantitative estimate of drug-likeness (QED) is 0.923. The van der Waals surface area contributed by atoms with Gasteiger partial charge in [-0.1, -0.05) is 29.8 Å². The molecule has 0 atom stereocenters. The predicted octanol–water partition coefficient (Wildman–Crippen LogP) is 3.40. The van der Waals surface area contributed by atoms with E-state index in [1.54, 1.807) is 0 Å². The van der Waals surface area contributed by atoms with Gasteiger partial charge in [-0.3, -0.25) is 0 Å². The van der Waals surface area contributed by atoms with E-state index in [0.717, 1.165) is 40.8 Å². The third-order valence-electron chi connectivity index (χ3n) is 3.71. The number of fused-ring (bicyclic) bond motifs is 1. The zero-order valence-electron chi connectivity index (χ0n) is 12.1. The average Bonchev–Trinajstić information content (AvgIpc) is 2.47. The summed E-state index contributed by atoms with van der Waals surface area (Å²) < 4.78 is 0. The third kappa shape index (κ3) is 2.47. The van der Waals surface area contributed by atoms with Crippen LogP contribution in [0, 0.1) is 6.92 Å². The van der Waals surface area contributed by atoms with E-state index in [4.69, 9.17) is 17.3 Å². The number of hydrogen-bond acceptors (Lipinski definition) is 4. The highest BCUT2D eigenvalue weighted by molar-refractivity contribution is 6.32. The molecule has 2 heterocycles. The first kappa shape index (κ1) is 13.9. The van der Waals surface area contributed by atoms with Gasteiger partial charge in [0, 0.05) is 23.7 Å². The van der Waals surface area contributed by atoms with Crippen molar-refractivity contribution in [3.8, 4) is 0 Å². The first-order valence-corrected chi connectivity index (χ1v) is 7.32. The molecule has 0 spiro atoms. The van der Waals surface area contributed by atoms with E-state index < -0.39 is 0 Å². The molecule has 108 valence electrons. The summed E-state index contributed by atoms with van der Waals surface area (Å²) in [6, 6.07) is 7.90. The van der Waals surface area contributed by atoms with Crippen molar-refractivity contribution in [3.05, 3.63) is 46.1 Å². The Bertz CT molecular complexity index is 724. The van der Waals surface area contributed by atoms with Crippen LogP contribution in [0.5, 0.6) is 0 Å². The van der Waals surface area contributed by atoms with Gasteiger partial charge in [0.2, 0.25) is 5.95 Å². The molecule has 1 aromatic carbocycles. The Kier molecular flexibility index (Phi) is 3.55. The molecule has 1 aliphatic rings. The zero-order valence-corrected chi connectivity index (χ0v) is 12.9. The number of rotatable bonds is 2. The Morgan fingerprint density at radius 3 is 2.76 bits per heavy atom. The second-order valence-electron chi connectivity index (χ2n) is 5.07. The highest BCUT2D eigenvalue weighted by atomic mass is 35.5. The van der Waals surface area contributed by atoms with E-state index in [0.29, 0.717) is 5.95 Å². The van der Waals surface area contributed by atoms with Gasteiger partial charge in [0.1, 0.15) is 5.82 Å². The van der Waals surface area contributed by atoms with E-state index in [9.17, 15) is 0 Å². The van der Waals surface area contributed by atoms with Crippen LogP contribution in [-0.4, -0.2) is 23.1 Å². The van der Waals surface area contributed by atoms with Crippen LogP contribution in [0.4, 0.5) is 11.8 Å². The molecule has 0 radical (unpaired) electrons. The molecule has 2 N–H and O–H groups in total. The number of nitrogens with two attached hydrogens (primary N) is 1. The van der Waals surface area contributed by atoms with Crippen molar-refractivity contribution in [3.63, 3.8) is 0 Å². The monoisotopic (exact) mass is 300 g/mol. The smallest absolute Gasteiger partial charge is 0.222 e. The first-order chi connectivity index (χ1) is 10.1. The van der Waals surface area contributed by atoms with E-state index in [2.05, 4.69) is 27.9 Å². The van der Waals surface area contributed by atoms with Gasteiger partial charge < -0.3 is 10.6 Å². The van der Waals surface area contributed by atoms with Gasteiger partial charge in [0.05, 0.1) is 5.69 Å². The lowest BCUT2D eigenvalue weighted by Crippen LogP contribution is -2.30. The summed E-state index contributed by atoms with van der Waals surface area (Å²) in [6.07, 6.45) is 2.12. The summed E-state index contributed by atoms with van der Waals surface area (Å²) in [4.78, 5) is 10.9. The number of nitrogens with zero attached hydrogens (tertiary/aromatic N) is 3. The number of benzene rings is 1. The molecule has 2 aromatic rings. The Balaban J connectivity index is 2.17. The maximum atomic E-state index is 6.33. The number of aromatic nitrogens is 2. The molecule has 4 nitrogen and oxygen atoms in total. The van der Waals surface area contributed by atoms with Crippen LogP contribution in [0.15, 0.2) is 24.3 Å². The summed E-state index contributed by atoms with van der Waals surface area (Å²) in [5, 5.41) is 0.761. The molecule has 0 amide bonds. The largest absolute Gasteiger partial charge is 0.368 e. The molecule has 1 aliphatic heterocycles. The van der Waals surface area contributed by atoms with Gasteiger partial charge in [0.25, 0.3) is 0 Å². The van der Waals surface area contributed by atoms with Crippen LogP contribution in [0.3, 0.4) is 0 Å². The molecule has 3 rings (SSSR count). The Hall–Kier alpha value is -2.07. The minimum atomic E-state index is 0.319. The average molecular weight is 301 g/mol. The normalized spacial score (nSPS) is 13.9. The summed E-state index contributed by atoms with van der Waals surface area (Å²) in [5.74, 6) is 1.22. The Labute approximate surface area is 129 Å². The van der Waals surface area contributed by atoms with E-state index >= 15 is 0 Å². The van der Waals surface area contributed by atoms with Crippen LogP contribution < -0.4 is 10.6 Å². The summed E-state index contributed by atoms with van der Waals surface area (Å²) in [5.41, 5.74) is 9.92. The van der Waals surface area contributed by atoms with E-state index in [1.165, 1.54) is 5.57 Å². The molecule has 0 saturated heterocycles. The minimum absolute atomic E-state index is 0.319. The molecule has 0 fully saturated rings. The van der Waals surface area contributed by atoms with Crippen molar-refractivity contribution >= 4 is 35.0 Å². The van der Waals surface area contributed by atoms with Gasteiger partial charge in [-0.05, 0) is 37.1 Å². The molecule has 0 unspecified atom stereocenters. The van der Waals surface area contributed by atoms with Crippen molar-refractivity contribution in [1.82, 2.24) is 9.97 Å². The second kappa shape index (κ2) is 5.37. The standard InChI is InChI=1S/C16H17ClN4/c1-3-21-9-11(12-6-4-5-7-14(12)17)8-13-10(2)19-16(18)20-15(13)21/h4-8H,3,9H2,1-2H3,(H2,18,19,20). The summed E-state index contributed by atoms with van der Waals surface area (Å²) >= 11 is 6.33. The minimum Gasteiger partial charge on any atom is -0.368 e. The Morgan fingerprint density at radius 2 is 2.05 bits per heavy atom. The van der Waals surface area contributed by atoms with Crippen molar-refractivity contribution in [2.45, 2.75) is 13.8 Å². The highest BCUT2D eigenvalue weighted by Crippen LogP contribution is 2.35. The number of nitrogen functional groups attached to an aromatic ring is 1. The number of likely N-dealkylation sites (N-methyl/N-ethyl adjacent to an activating group) is 1. The molecule has 1 aromatic heterocycles. The van der Waals surface area contributed by atoms with E-state index in [-0.39, 0.29) is 0 Å². The van der Waals surface area contributed by atoms with Gasteiger partial charge in [-0.2, -0.15) is 4.98 Å². The number of aryl methyl sites for hydroxylation is 1. The highest BCUT2D eigenvalue weighted by Gasteiger charge is 2.22. The van der Waals surface area contributed by atoms with Crippen molar-refractivity contribution in [1.29, 1.82) is 0 Å². The summed E-state index contributed by atoms with van der Waals surface area (Å²) in [6.45, 7) is 5.68. The molecule has 0 aliphatic carbocycles. The number of hydrogen-bond donors (Lipinski definition) is 1. The van der Waals surface area contributed by atoms with Crippen molar-refractivity contribution < 1.29 is 0 Å². The molecule has 21 heavy (non-hydrogen) atoms. The third-order valence-corrected chi connectivity index (χ3v) is 4.04. The molecule has 0 saturated carbocycles. The van der Waals surface area contributed by atoms with Gasteiger partial charge in [0.15, 0.2) is 0 Å².